The van der Waals surface area contributed by atoms with E-state index in [0.29, 0.717) is 12.3 Å². The Hall–Kier alpha value is -1.97. The number of nitrogens with zero attached hydrogens (tertiary/aromatic N) is 2. The molecular weight excluding hydrogens is 264 g/mol. The van der Waals surface area contributed by atoms with Crippen LogP contribution in [-0.4, -0.2) is 15.9 Å². The van der Waals surface area contributed by atoms with Crippen LogP contribution in [0.3, 0.4) is 0 Å². The maximum absolute atomic E-state index is 11.5. The van der Waals surface area contributed by atoms with Crippen LogP contribution < -0.4 is 0 Å². The molecule has 4 nitrogen and oxygen atoms in total. The van der Waals surface area contributed by atoms with Crippen molar-refractivity contribution in [2.75, 3.05) is 0 Å². The molecule has 110 valence electrons. The van der Waals surface area contributed by atoms with Gasteiger partial charge in [-0.1, -0.05) is 55.3 Å². The van der Waals surface area contributed by atoms with Crippen molar-refractivity contribution in [2.45, 2.75) is 50.9 Å². The van der Waals surface area contributed by atoms with Crippen molar-refractivity contribution in [3.8, 4) is 0 Å². The summed E-state index contributed by atoms with van der Waals surface area (Å²) in [5, 5.41) is 4.20. The van der Waals surface area contributed by atoms with Crippen LogP contribution >= 0.6 is 0 Å². The number of hydrogen-bond donors (Lipinski definition) is 0. The van der Waals surface area contributed by atoms with E-state index >= 15 is 0 Å². The van der Waals surface area contributed by atoms with Gasteiger partial charge in [-0.3, -0.25) is 4.79 Å². The van der Waals surface area contributed by atoms with Gasteiger partial charge in [-0.05, 0) is 18.4 Å². The lowest BCUT2D eigenvalue weighted by atomic mass is 9.78. The van der Waals surface area contributed by atoms with Gasteiger partial charge in [-0.15, -0.1) is 0 Å². The van der Waals surface area contributed by atoms with Gasteiger partial charge in [-0.2, -0.15) is 4.98 Å². The Morgan fingerprint density at radius 2 is 1.95 bits per heavy atom. The number of rotatable bonds is 5. The molecule has 1 heterocycles. The summed E-state index contributed by atoms with van der Waals surface area (Å²) >= 11 is 0. The zero-order chi connectivity index (χ0) is 14.7. The predicted molar refractivity (Wildman–Crippen MR) is 79.0 cm³/mol. The third kappa shape index (κ3) is 2.62. The molecule has 0 N–H and O–H groups in total. The molecule has 1 aromatic carbocycles. The van der Waals surface area contributed by atoms with Gasteiger partial charge >= 0.3 is 0 Å². The quantitative estimate of drug-likeness (QED) is 0.843. The van der Waals surface area contributed by atoms with Gasteiger partial charge in [0.2, 0.25) is 5.89 Å². The Kier molecular flexibility index (Phi) is 3.86. The third-order valence-electron chi connectivity index (χ3n) is 4.42. The van der Waals surface area contributed by atoms with Crippen molar-refractivity contribution in [2.24, 2.45) is 0 Å². The summed E-state index contributed by atoms with van der Waals surface area (Å²) in [6.45, 7) is 1.85. The molecule has 0 saturated heterocycles. The minimum absolute atomic E-state index is 0.130. The second-order valence-electron chi connectivity index (χ2n) is 5.74. The van der Waals surface area contributed by atoms with E-state index in [9.17, 15) is 4.79 Å². The van der Waals surface area contributed by atoms with Crippen molar-refractivity contribution < 1.29 is 9.32 Å². The van der Waals surface area contributed by atoms with Gasteiger partial charge < -0.3 is 4.52 Å². The number of carbonyl (C=O) groups is 1. The zero-order valence-electron chi connectivity index (χ0n) is 12.3. The highest BCUT2D eigenvalue weighted by Crippen LogP contribution is 2.45. The minimum atomic E-state index is -0.141. The fourth-order valence-electron chi connectivity index (χ4n) is 3.19. The lowest BCUT2D eigenvalue weighted by Gasteiger charge is -2.25. The maximum Gasteiger partial charge on any atom is 0.234 e. The molecule has 1 aromatic heterocycles. The zero-order valence-corrected chi connectivity index (χ0v) is 12.3. The molecule has 0 amide bonds. The molecule has 0 aliphatic heterocycles. The molecule has 2 aromatic rings. The van der Waals surface area contributed by atoms with E-state index in [1.165, 1.54) is 18.4 Å². The topological polar surface area (TPSA) is 56.0 Å². The molecule has 1 aliphatic carbocycles. The average Bonchev–Trinajstić information content (AvgIpc) is 3.17. The summed E-state index contributed by atoms with van der Waals surface area (Å²) in [5.41, 5.74) is 1.11. The SMILES string of the molecule is CCC(=O)Cc1nc(C2(c3ccccc3)CCCC2)no1. The van der Waals surface area contributed by atoms with E-state index in [2.05, 4.69) is 34.4 Å². The molecular formula is C17H20N2O2. The van der Waals surface area contributed by atoms with Crippen LogP contribution in [0.15, 0.2) is 34.9 Å². The normalized spacial score (nSPS) is 17.0. The monoisotopic (exact) mass is 284 g/mol. The van der Waals surface area contributed by atoms with Crippen LogP contribution in [0.25, 0.3) is 0 Å². The molecule has 21 heavy (non-hydrogen) atoms. The van der Waals surface area contributed by atoms with E-state index in [1.54, 1.807) is 0 Å². The highest BCUT2D eigenvalue weighted by atomic mass is 16.5. The van der Waals surface area contributed by atoms with Crippen molar-refractivity contribution >= 4 is 5.78 Å². The lowest BCUT2D eigenvalue weighted by molar-refractivity contribution is -0.118. The first-order valence-corrected chi connectivity index (χ1v) is 7.65. The van der Waals surface area contributed by atoms with E-state index in [-0.39, 0.29) is 17.6 Å². The largest absolute Gasteiger partial charge is 0.339 e. The molecule has 3 rings (SSSR count). The Bertz CT molecular complexity index is 613. The molecule has 0 unspecified atom stereocenters. The Labute approximate surface area is 124 Å². The van der Waals surface area contributed by atoms with Crippen LogP contribution in [0.2, 0.25) is 0 Å². The van der Waals surface area contributed by atoms with Crippen molar-refractivity contribution in [1.29, 1.82) is 0 Å². The smallest absolute Gasteiger partial charge is 0.234 e. The molecule has 0 atom stereocenters. The number of aromatic nitrogens is 2. The van der Waals surface area contributed by atoms with Crippen molar-refractivity contribution in [3.63, 3.8) is 0 Å². The number of Topliss-reactive ketones (excluding diaryl/α,β-unsaturated/α-hetero) is 1. The van der Waals surface area contributed by atoms with E-state index in [0.717, 1.165) is 18.7 Å². The molecule has 0 spiro atoms. The number of ketones is 1. The summed E-state index contributed by atoms with van der Waals surface area (Å²) in [7, 11) is 0. The first-order chi connectivity index (χ1) is 10.2. The Morgan fingerprint density at radius 3 is 2.62 bits per heavy atom. The van der Waals surface area contributed by atoms with Gasteiger partial charge in [0.05, 0.1) is 11.8 Å². The number of hydrogen-bond acceptors (Lipinski definition) is 4. The lowest BCUT2D eigenvalue weighted by Crippen LogP contribution is -2.25. The Morgan fingerprint density at radius 1 is 1.24 bits per heavy atom. The van der Waals surface area contributed by atoms with Gasteiger partial charge in [-0.25, -0.2) is 0 Å². The van der Waals surface area contributed by atoms with E-state index in [4.69, 9.17) is 4.52 Å². The summed E-state index contributed by atoms with van der Waals surface area (Å²) in [6, 6.07) is 10.4. The third-order valence-corrected chi connectivity index (χ3v) is 4.42. The molecule has 1 aliphatic rings. The second-order valence-corrected chi connectivity index (χ2v) is 5.74. The standard InChI is InChI=1S/C17H20N2O2/c1-2-14(20)12-15-18-16(19-21-15)17(10-6-7-11-17)13-8-4-3-5-9-13/h3-5,8-9H,2,6-7,10-12H2,1H3. The summed E-state index contributed by atoms with van der Waals surface area (Å²) in [4.78, 5) is 16.1. The number of benzene rings is 1. The van der Waals surface area contributed by atoms with Gasteiger partial charge in [0, 0.05) is 6.42 Å². The fourth-order valence-corrected chi connectivity index (χ4v) is 3.19. The van der Waals surface area contributed by atoms with Gasteiger partial charge in [0.1, 0.15) is 5.78 Å². The van der Waals surface area contributed by atoms with Crippen LogP contribution in [0, 0.1) is 0 Å². The van der Waals surface area contributed by atoms with E-state index < -0.39 is 0 Å². The summed E-state index contributed by atoms with van der Waals surface area (Å²) in [5.74, 6) is 1.31. The molecule has 0 radical (unpaired) electrons. The van der Waals surface area contributed by atoms with E-state index in [1.807, 2.05) is 13.0 Å². The minimum Gasteiger partial charge on any atom is -0.339 e. The summed E-state index contributed by atoms with van der Waals surface area (Å²) < 4.78 is 5.31. The van der Waals surface area contributed by atoms with Crippen molar-refractivity contribution in [3.05, 3.63) is 47.6 Å². The predicted octanol–water partition coefficient (Wildman–Crippen LogP) is 3.45. The first-order valence-electron chi connectivity index (χ1n) is 7.65. The highest BCUT2D eigenvalue weighted by molar-refractivity contribution is 5.79. The molecule has 4 heteroatoms. The highest BCUT2D eigenvalue weighted by Gasteiger charge is 2.41. The van der Waals surface area contributed by atoms with Crippen LogP contribution in [-0.2, 0) is 16.6 Å². The molecule has 0 bridgehead atoms. The Balaban J connectivity index is 1.94. The maximum atomic E-state index is 11.5. The molecule has 1 saturated carbocycles. The summed E-state index contributed by atoms with van der Waals surface area (Å²) in [6.07, 6.45) is 5.17. The van der Waals surface area contributed by atoms with Gasteiger partial charge in [0.25, 0.3) is 0 Å². The van der Waals surface area contributed by atoms with Crippen molar-refractivity contribution in [1.82, 2.24) is 10.1 Å². The molecule has 1 fully saturated rings. The fraction of sp³-hybridized carbons (Fsp3) is 0.471. The first kappa shape index (κ1) is 14.0. The second kappa shape index (κ2) is 5.80. The van der Waals surface area contributed by atoms with Gasteiger partial charge in [0.15, 0.2) is 5.82 Å². The van der Waals surface area contributed by atoms with Crippen LogP contribution in [0.5, 0.6) is 0 Å². The van der Waals surface area contributed by atoms with Crippen LogP contribution in [0.4, 0.5) is 0 Å². The average molecular weight is 284 g/mol. The number of carbonyl (C=O) groups excluding carboxylic acids is 1. The van der Waals surface area contributed by atoms with Crippen LogP contribution in [0.1, 0.15) is 56.3 Å².